The second kappa shape index (κ2) is 4.19. The van der Waals surface area contributed by atoms with Crippen molar-refractivity contribution in [2.75, 3.05) is 7.11 Å². The standard InChI is InChI=1S/C14H13F2NO/c1-18-14-10-7-12(16)11(15)6-9(10)8-4-2-3-5-13(8)17-14/h6-7H,2-5H2,1H3. The Morgan fingerprint density at radius 2 is 1.72 bits per heavy atom. The molecule has 0 fully saturated rings. The van der Waals surface area contributed by atoms with Crippen LogP contribution >= 0.6 is 0 Å². The third-order valence-corrected chi connectivity index (χ3v) is 3.48. The van der Waals surface area contributed by atoms with Crippen molar-refractivity contribution >= 4 is 10.8 Å². The van der Waals surface area contributed by atoms with E-state index in [0.717, 1.165) is 42.3 Å². The van der Waals surface area contributed by atoms with Crippen LogP contribution in [0, 0.1) is 11.6 Å². The Morgan fingerprint density at radius 1 is 1.06 bits per heavy atom. The highest BCUT2D eigenvalue weighted by molar-refractivity contribution is 5.90. The molecule has 1 aliphatic rings. The van der Waals surface area contributed by atoms with E-state index >= 15 is 0 Å². The van der Waals surface area contributed by atoms with E-state index in [1.165, 1.54) is 19.2 Å². The normalized spacial score (nSPS) is 14.6. The number of methoxy groups -OCH3 is 1. The van der Waals surface area contributed by atoms with E-state index in [2.05, 4.69) is 4.98 Å². The van der Waals surface area contributed by atoms with Crippen molar-refractivity contribution in [2.24, 2.45) is 0 Å². The fourth-order valence-corrected chi connectivity index (χ4v) is 2.61. The van der Waals surface area contributed by atoms with E-state index in [-0.39, 0.29) is 0 Å². The van der Waals surface area contributed by atoms with E-state index in [9.17, 15) is 8.78 Å². The topological polar surface area (TPSA) is 22.1 Å². The van der Waals surface area contributed by atoms with Gasteiger partial charge in [0.25, 0.3) is 0 Å². The van der Waals surface area contributed by atoms with Crippen LogP contribution < -0.4 is 4.74 Å². The van der Waals surface area contributed by atoms with Crippen LogP contribution in [-0.2, 0) is 12.8 Å². The molecule has 0 atom stereocenters. The lowest BCUT2D eigenvalue weighted by Gasteiger charge is -2.18. The number of aryl methyl sites for hydroxylation is 2. The number of ether oxygens (including phenoxy) is 1. The van der Waals surface area contributed by atoms with Gasteiger partial charge in [-0.15, -0.1) is 0 Å². The van der Waals surface area contributed by atoms with Gasteiger partial charge >= 0.3 is 0 Å². The lowest BCUT2D eigenvalue weighted by atomic mass is 9.91. The molecule has 2 nitrogen and oxygen atoms in total. The summed E-state index contributed by atoms with van der Waals surface area (Å²) in [5.74, 6) is -1.30. The lowest BCUT2D eigenvalue weighted by Crippen LogP contribution is -2.08. The van der Waals surface area contributed by atoms with Gasteiger partial charge < -0.3 is 4.74 Å². The fourth-order valence-electron chi connectivity index (χ4n) is 2.61. The summed E-state index contributed by atoms with van der Waals surface area (Å²) in [6, 6.07) is 2.43. The second-order valence-electron chi connectivity index (χ2n) is 4.57. The Bertz CT molecular complexity index is 625. The first-order valence-corrected chi connectivity index (χ1v) is 6.05. The summed E-state index contributed by atoms with van der Waals surface area (Å²) in [7, 11) is 1.50. The van der Waals surface area contributed by atoms with Crippen LogP contribution in [-0.4, -0.2) is 12.1 Å². The maximum atomic E-state index is 13.4. The smallest absolute Gasteiger partial charge is 0.221 e. The molecule has 1 aromatic heterocycles. The molecule has 0 aliphatic heterocycles. The Hall–Kier alpha value is -1.71. The van der Waals surface area contributed by atoms with Gasteiger partial charge in [-0.25, -0.2) is 13.8 Å². The molecule has 18 heavy (non-hydrogen) atoms. The maximum absolute atomic E-state index is 13.4. The zero-order chi connectivity index (χ0) is 12.7. The van der Waals surface area contributed by atoms with Crippen LogP contribution in [0.3, 0.4) is 0 Å². The molecule has 1 aliphatic carbocycles. The van der Waals surface area contributed by atoms with Gasteiger partial charge in [-0.1, -0.05) is 0 Å². The van der Waals surface area contributed by atoms with Crippen molar-refractivity contribution in [2.45, 2.75) is 25.7 Å². The van der Waals surface area contributed by atoms with E-state index < -0.39 is 11.6 Å². The van der Waals surface area contributed by atoms with Crippen molar-refractivity contribution in [1.29, 1.82) is 0 Å². The van der Waals surface area contributed by atoms with Crippen LogP contribution in [0.25, 0.3) is 10.8 Å². The zero-order valence-corrected chi connectivity index (χ0v) is 10.1. The Morgan fingerprint density at radius 3 is 2.44 bits per heavy atom. The van der Waals surface area contributed by atoms with Crippen molar-refractivity contribution in [3.8, 4) is 5.88 Å². The van der Waals surface area contributed by atoms with Crippen molar-refractivity contribution in [3.63, 3.8) is 0 Å². The predicted molar refractivity (Wildman–Crippen MR) is 64.9 cm³/mol. The number of aromatic nitrogens is 1. The molecule has 94 valence electrons. The summed E-state index contributed by atoms with van der Waals surface area (Å²) >= 11 is 0. The highest BCUT2D eigenvalue weighted by Gasteiger charge is 2.19. The van der Waals surface area contributed by atoms with Gasteiger partial charge in [-0.05, 0) is 48.8 Å². The molecule has 0 N–H and O–H groups in total. The Kier molecular flexibility index (Phi) is 2.65. The molecule has 0 saturated heterocycles. The van der Waals surface area contributed by atoms with E-state index in [1.54, 1.807) is 0 Å². The number of hydrogen-bond acceptors (Lipinski definition) is 2. The van der Waals surface area contributed by atoms with Gasteiger partial charge in [0.05, 0.1) is 7.11 Å². The van der Waals surface area contributed by atoms with Gasteiger partial charge in [0.15, 0.2) is 11.6 Å². The largest absolute Gasteiger partial charge is 0.481 e. The molecule has 0 amide bonds. The van der Waals surface area contributed by atoms with E-state index in [0.29, 0.717) is 11.3 Å². The molecule has 2 aromatic rings. The second-order valence-corrected chi connectivity index (χ2v) is 4.57. The van der Waals surface area contributed by atoms with Gasteiger partial charge in [0, 0.05) is 11.1 Å². The summed E-state index contributed by atoms with van der Waals surface area (Å²) < 4.78 is 31.9. The summed E-state index contributed by atoms with van der Waals surface area (Å²) in [5.41, 5.74) is 1.99. The molecular formula is C14H13F2NO. The summed E-state index contributed by atoms with van der Waals surface area (Å²) in [6.07, 6.45) is 3.89. The monoisotopic (exact) mass is 249 g/mol. The van der Waals surface area contributed by atoms with Crippen LogP contribution in [0.2, 0.25) is 0 Å². The minimum atomic E-state index is -0.863. The third kappa shape index (κ3) is 1.64. The molecule has 0 unspecified atom stereocenters. The number of hydrogen-bond donors (Lipinski definition) is 0. The van der Waals surface area contributed by atoms with Crippen LogP contribution in [0.1, 0.15) is 24.1 Å². The van der Waals surface area contributed by atoms with Crippen molar-refractivity contribution in [1.82, 2.24) is 4.98 Å². The Balaban J connectivity index is 2.39. The van der Waals surface area contributed by atoms with Crippen LogP contribution in [0.5, 0.6) is 5.88 Å². The minimum absolute atomic E-state index is 0.379. The molecular weight excluding hydrogens is 236 g/mol. The zero-order valence-electron chi connectivity index (χ0n) is 10.1. The minimum Gasteiger partial charge on any atom is -0.481 e. The predicted octanol–water partition coefficient (Wildman–Crippen LogP) is 3.40. The first-order chi connectivity index (χ1) is 8.70. The average molecular weight is 249 g/mol. The van der Waals surface area contributed by atoms with Gasteiger partial charge in [-0.2, -0.15) is 0 Å². The van der Waals surface area contributed by atoms with Gasteiger partial charge in [-0.3, -0.25) is 0 Å². The third-order valence-electron chi connectivity index (χ3n) is 3.48. The molecule has 0 spiro atoms. The number of rotatable bonds is 1. The molecule has 1 aromatic carbocycles. The molecule has 1 heterocycles. The number of benzene rings is 1. The SMILES string of the molecule is COc1nc2c(c3cc(F)c(F)cc13)CCCC2. The fraction of sp³-hybridized carbons (Fsp3) is 0.357. The van der Waals surface area contributed by atoms with Gasteiger partial charge in [0.1, 0.15) is 0 Å². The number of halogens is 2. The average Bonchev–Trinajstić information content (AvgIpc) is 2.39. The van der Waals surface area contributed by atoms with E-state index in [4.69, 9.17) is 4.74 Å². The summed E-state index contributed by atoms with van der Waals surface area (Å²) in [4.78, 5) is 4.42. The highest BCUT2D eigenvalue weighted by Crippen LogP contribution is 2.34. The van der Waals surface area contributed by atoms with E-state index in [1.807, 2.05) is 0 Å². The summed E-state index contributed by atoms with van der Waals surface area (Å²) in [6.45, 7) is 0. The van der Waals surface area contributed by atoms with Crippen molar-refractivity contribution in [3.05, 3.63) is 35.0 Å². The highest BCUT2D eigenvalue weighted by atomic mass is 19.2. The first-order valence-electron chi connectivity index (χ1n) is 6.05. The number of fused-ring (bicyclic) bond motifs is 3. The van der Waals surface area contributed by atoms with Crippen LogP contribution in [0.15, 0.2) is 12.1 Å². The molecule has 0 saturated carbocycles. The molecule has 4 heteroatoms. The lowest BCUT2D eigenvalue weighted by molar-refractivity contribution is 0.400. The molecule has 0 bridgehead atoms. The quantitative estimate of drug-likeness (QED) is 0.772. The van der Waals surface area contributed by atoms with Crippen LogP contribution in [0.4, 0.5) is 8.78 Å². The maximum Gasteiger partial charge on any atom is 0.221 e. The molecule has 3 rings (SSSR count). The molecule has 0 radical (unpaired) electrons. The van der Waals surface area contributed by atoms with Gasteiger partial charge in [0.2, 0.25) is 5.88 Å². The number of nitrogens with zero attached hydrogens (tertiary/aromatic N) is 1. The Labute approximate surface area is 104 Å². The number of pyridine rings is 1. The summed E-state index contributed by atoms with van der Waals surface area (Å²) in [5, 5.41) is 1.28. The van der Waals surface area contributed by atoms with Crippen molar-refractivity contribution < 1.29 is 13.5 Å². The first kappa shape index (κ1) is 11.4.